The van der Waals surface area contributed by atoms with Crippen LogP contribution in [-0.4, -0.2) is 14.7 Å². The highest BCUT2D eigenvalue weighted by Gasteiger charge is 2.00. The summed E-state index contributed by atoms with van der Waals surface area (Å²) in [5, 5.41) is 0. The van der Waals surface area contributed by atoms with E-state index in [1.807, 2.05) is 48.5 Å². The summed E-state index contributed by atoms with van der Waals surface area (Å²) in [7, 11) is -3.10. The number of nitrogens with two attached hydrogens (primary N) is 1. The molecule has 2 aromatic carbocycles. The molecule has 0 atom stereocenters. The molecule has 2 rings (SSSR count). The Morgan fingerprint density at radius 1 is 1.00 bits per heavy atom. The lowest BCUT2D eigenvalue weighted by Gasteiger charge is -2.02. The van der Waals surface area contributed by atoms with Gasteiger partial charge >= 0.3 is 0 Å². The van der Waals surface area contributed by atoms with Crippen LogP contribution in [0.15, 0.2) is 57.5 Å². The van der Waals surface area contributed by atoms with E-state index in [2.05, 4.69) is 36.6 Å². The lowest BCUT2D eigenvalue weighted by atomic mass is 10.2. The van der Waals surface area contributed by atoms with Crippen molar-refractivity contribution in [1.29, 1.82) is 0 Å². The van der Waals surface area contributed by atoms with Gasteiger partial charge in [-0.3, -0.25) is 0 Å². The van der Waals surface area contributed by atoms with Crippen LogP contribution >= 0.6 is 31.9 Å². The molecule has 0 saturated heterocycles. The Labute approximate surface area is 148 Å². The molecule has 0 aliphatic heterocycles. The zero-order chi connectivity index (χ0) is 16.6. The van der Waals surface area contributed by atoms with Gasteiger partial charge in [0.2, 0.25) is 10.0 Å². The van der Waals surface area contributed by atoms with E-state index in [4.69, 9.17) is 5.73 Å². The maximum absolute atomic E-state index is 10.8. The number of benzene rings is 2. The third-order valence-corrected chi connectivity index (χ3v) is 4.21. The lowest BCUT2D eigenvalue weighted by molar-refractivity contribution is 0.587. The van der Waals surface area contributed by atoms with Crippen LogP contribution in [0, 0.1) is 0 Å². The summed E-state index contributed by atoms with van der Waals surface area (Å²) in [4.78, 5) is 0. The number of sulfonamides is 1. The van der Waals surface area contributed by atoms with Crippen LogP contribution in [-0.2, 0) is 23.1 Å². The Balaban J connectivity index is 0.000000235. The Morgan fingerprint density at radius 2 is 1.50 bits per heavy atom. The maximum atomic E-state index is 10.8. The Kier molecular flexibility index (Phi) is 8.27. The fourth-order valence-corrected chi connectivity index (χ4v) is 2.85. The molecule has 0 aliphatic carbocycles. The molecule has 0 unspecified atom stereocenters. The molecule has 0 amide bonds. The van der Waals surface area contributed by atoms with E-state index in [0.29, 0.717) is 13.1 Å². The zero-order valence-electron chi connectivity index (χ0n) is 12.1. The molecule has 0 aromatic heterocycles. The molecule has 4 nitrogen and oxygen atoms in total. The SMILES string of the molecule is CS(=O)(=O)NCc1cccc(Br)c1.NCc1cccc(Br)c1. The van der Waals surface area contributed by atoms with Crippen LogP contribution in [0.3, 0.4) is 0 Å². The van der Waals surface area contributed by atoms with Gasteiger partial charge in [-0.1, -0.05) is 56.1 Å². The average molecular weight is 450 g/mol. The first-order valence-electron chi connectivity index (χ1n) is 6.44. The van der Waals surface area contributed by atoms with Crippen molar-refractivity contribution in [3.8, 4) is 0 Å². The Bertz CT molecular complexity index is 706. The highest BCUT2D eigenvalue weighted by Crippen LogP contribution is 2.11. The summed E-state index contributed by atoms with van der Waals surface area (Å²) in [5.41, 5.74) is 7.49. The van der Waals surface area contributed by atoms with Gasteiger partial charge in [0.1, 0.15) is 0 Å². The predicted octanol–water partition coefficient (Wildman–Crippen LogP) is 3.41. The Morgan fingerprint density at radius 3 is 1.91 bits per heavy atom. The Hall–Kier alpha value is -0.730. The van der Waals surface area contributed by atoms with E-state index in [1.165, 1.54) is 0 Å². The summed E-state index contributed by atoms with van der Waals surface area (Å²) in [6.07, 6.45) is 1.14. The first-order chi connectivity index (χ1) is 10.3. The van der Waals surface area contributed by atoms with Crippen LogP contribution < -0.4 is 10.5 Å². The first-order valence-corrected chi connectivity index (χ1v) is 9.91. The quantitative estimate of drug-likeness (QED) is 0.751. The first kappa shape index (κ1) is 19.3. The molecule has 2 aromatic rings. The zero-order valence-corrected chi connectivity index (χ0v) is 16.1. The number of hydrogen-bond acceptors (Lipinski definition) is 3. The second-order valence-corrected chi connectivity index (χ2v) is 8.22. The topological polar surface area (TPSA) is 72.2 Å². The number of rotatable bonds is 4. The molecule has 3 N–H and O–H groups in total. The molecule has 0 fully saturated rings. The molecule has 0 heterocycles. The van der Waals surface area contributed by atoms with Gasteiger partial charge in [0, 0.05) is 22.0 Å². The van der Waals surface area contributed by atoms with Crippen LogP contribution in [0.2, 0.25) is 0 Å². The predicted molar refractivity (Wildman–Crippen MR) is 97.9 cm³/mol. The van der Waals surface area contributed by atoms with Crippen molar-refractivity contribution in [2.75, 3.05) is 6.26 Å². The molecule has 0 saturated carbocycles. The third-order valence-electron chi connectivity index (χ3n) is 2.55. The molecular formula is C15H18Br2N2O2S. The van der Waals surface area contributed by atoms with Crippen LogP contribution in [0.5, 0.6) is 0 Å². The highest BCUT2D eigenvalue weighted by molar-refractivity contribution is 9.10. The normalized spacial score (nSPS) is 10.7. The van der Waals surface area contributed by atoms with Gasteiger partial charge in [-0.15, -0.1) is 0 Å². The van der Waals surface area contributed by atoms with Gasteiger partial charge in [-0.2, -0.15) is 0 Å². The summed E-state index contributed by atoms with van der Waals surface area (Å²) in [6.45, 7) is 0.942. The standard InChI is InChI=1S/C8H10BrNO2S.C7H8BrN/c1-13(11,12)10-6-7-3-2-4-8(9)5-7;8-7-3-1-2-6(4-7)5-9/h2-5,10H,6H2,1H3;1-4H,5,9H2. The van der Waals surface area contributed by atoms with Crippen molar-refractivity contribution in [3.05, 3.63) is 68.6 Å². The summed E-state index contributed by atoms with van der Waals surface area (Å²) in [6, 6.07) is 15.5. The van der Waals surface area contributed by atoms with Gasteiger partial charge < -0.3 is 5.73 Å². The fourth-order valence-electron chi connectivity index (χ4n) is 1.53. The second kappa shape index (κ2) is 9.42. The van der Waals surface area contributed by atoms with Crippen LogP contribution in [0.1, 0.15) is 11.1 Å². The number of nitrogens with one attached hydrogen (secondary N) is 1. The molecule has 7 heteroatoms. The van der Waals surface area contributed by atoms with Gasteiger partial charge in [0.15, 0.2) is 0 Å². The van der Waals surface area contributed by atoms with Crippen molar-refractivity contribution in [2.45, 2.75) is 13.1 Å². The van der Waals surface area contributed by atoms with Gasteiger partial charge in [0.05, 0.1) is 6.26 Å². The minimum absolute atomic E-state index is 0.332. The van der Waals surface area contributed by atoms with E-state index in [9.17, 15) is 8.42 Å². The molecule has 0 bridgehead atoms. The summed E-state index contributed by atoms with van der Waals surface area (Å²) >= 11 is 6.65. The average Bonchev–Trinajstić information content (AvgIpc) is 2.45. The van der Waals surface area contributed by atoms with Crippen LogP contribution in [0.4, 0.5) is 0 Å². The van der Waals surface area contributed by atoms with Crippen molar-refractivity contribution in [2.24, 2.45) is 5.73 Å². The van der Waals surface area contributed by atoms with Crippen LogP contribution in [0.25, 0.3) is 0 Å². The smallest absolute Gasteiger partial charge is 0.209 e. The maximum Gasteiger partial charge on any atom is 0.209 e. The van der Waals surface area contributed by atoms with Gasteiger partial charge in [0.25, 0.3) is 0 Å². The fraction of sp³-hybridized carbons (Fsp3) is 0.200. The van der Waals surface area contributed by atoms with Crippen molar-refractivity contribution < 1.29 is 8.42 Å². The minimum Gasteiger partial charge on any atom is -0.326 e. The van der Waals surface area contributed by atoms with Gasteiger partial charge in [-0.05, 0) is 35.4 Å². The minimum atomic E-state index is -3.10. The largest absolute Gasteiger partial charge is 0.326 e. The van der Waals surface area contributed by atoms with Crippen molar-refractivity contribution >= 4 is 41.9 Å². The molecule has 0 aliphatic rings. The lowest BCUT2D eigenvalue weighted by Crippen LogP contribution is -2.21. The van der Waals surface area contributed by atoms with E-state index in [-0.39, 0.29) is 0 Å². The van der Waals surface area contributed by atoms with Crippen molar-refractivity contribution in [1.82, 2.24) is 4.72 Å². The molecule has 0 radical (unpaired) electrons. The summed E-state index contributed by atoms with van der Waals surface area (Å²) in [5.74, 6) is 0. The van der Waals surface area contributed by atoms with E-state index in [1.54, 1.807) is 0 Å². The van der Waals surface area contributed by atoms with E-state index < -0.39 is 10.0 Å². The highest BCUT2D eigenvalue weighted by atomic mass is 79.9. The molecule has 120 valence electrons. The van der Waals surface area contributed by atoms with E-state index in [0.717, 1.165) is 26.3 Å². The monoisotopic (exact) mass is 448 g/mol. The van der Waals surface area contributed by atoms with Gasteiger partial charge in [-0.25, -0.2) is 13.1 Å². The molecule has 22 heavy (non-hydrogen) atoms. The molecular weight excluding hydrogens is 432 g/mol. The number of halogens is 2. The van der Waals surface area contributed by atoms with E-state index >= 15 is 0 Å². The van der Waals surface area contributed by atoms with Crippen molar-refractivity contribution in [3.63, 3.8) is 0 Å². The second-order valence-electron chi connectivity index (χ2n) is 4.56. The third kappa shape index (κ3) is 8.65. The number of hydrogen-bond donors (Lipinski definition) is 2. The molecule has 0 spiro atoms. The summed E-state index contributed by atoms with van der Waals surface area (Å²) < 4.78 is 26.0.